The monoisotopic (exact) mass is 382 g/mol. The van der Waals surface area contributed by atoms with Gasteiger partial charge in [0, 0.05) is 32.2 Å². The molecule has 2 aromatic carbocycles. The molecule has 0 atom stereocenters. The molecule has 0 spiro atoms. The van der Waals surface area contributed by atoms with E-state index in [1.807, 2.05) is 0 Å². The summed E-state index contributed by atoms with van der Waals surface area (Å²) in [6.07, 6.45) is 3.61. The van der Waals surface area contributed by atoms with Gasteiger partial charge in [0.15, 0.2) is 6.61 Å². The van der Waals surface area contributed by atoms with E-state index >= 15 is 0 Å². The number of hydrogen-bond donors (Lipinski definition) is 1. The van der Waals surface area contributed by atoms with Crippen molar-refractivity contribution in [3.05, 3.63) is 60.2 Å². The molecule has 0 unspecified atom stereocenters. The molecule has 2 aliphatic rings. The van der Waals surface area contributed by atoms with Gasteiger partial charge >= 0.3 is 0 Å². The van der Waals surface area contributed by atoms with Crippen molar-refractivity contribution in [2.75, 3.05) is 32.8 Å². The van der Waals surface area contributed by atoms with Gasteiger partial charge in [0.25, 0.3) is 5.91 Å². The number of ether oxygens (including phenoxy) is 1. The maximum Gasteiger partial charge on any atom is 0.260 e. The summed E-state index contributed by atoms with van der Waals surface area (Å²) in [5, 5.41) is 9.27. The lowest BCUT2D eigenvalue weighted by molar-refractivity contribution is -0.137. The van der Waals surface area contributed by atoms with Gasteiger partial charge in [0.05, 0.1) is 0 Å². The SMILES string of the molecule is O=CN1CCN(C(=O)COc2cccc(O)c2)CC1.c1ccc(C2CC2)cc1. The fourth-order valence-corrected chi connectivity index (χ4v) is 3.03. The zero-order valence-corrected chi connectivity index (χ0v) is 15.9. The second-order valence-electron chi connectivity index (χ2n) is 6.99. The van der Waals surface area contributed by atoms with E-state index in [2.05, 4.69) is 30.3 Å². The van der Waals surface area contributed by atoms with Crippen molar-refractivity contribution in [1.29, 1.82) is 0 Å². The molecule has 1 saturated heterocycles. The van der Waals surface area contributed by atoms with Crippen molar-refractivity contribution in [2.24, 2.45) is 0 Å². The highest BCUT2D eigenvalue weighted by molar-refractivity contribution is 5.78. The summed E-state index contributed by atoms with van der Waals surface area (Å²) < 4.78 is 5.32. The molecule has 1 aliphatic heterocycles. The minimum atomic E-state index is -0.117. The average Bonchev–Trinajstić information content (AvgIpc) is 3.59. The third-order valence-electron chi connectivity index (χ3n) is 4.84. The number of hydrogen-bond acceptors (Lipinski definition) is 4. The van der Waals surface area contributed by atoms with Crippen molar-refractivity contribution in [1.82, 2.24) is 9.80 Å². The average molecular weight is 382 g/mol. The number of benzene rings is 2. The first kappa shape index (κ1) is 19.7. The van der Waals surface area contributed by atoms with Crippen LogP contribution in [-0.2, 0) is 9.59 Å². The lowest BCUT2D eigenvalue weighted by Gasteiger charge is -2.32. The molecule has 2 amide bonds. The second-order valence-corrected chi connectivity index (χ2v) is 6.99. The minimum absolute atomic E-state index is 0.0649. The first-order valence-electron chi connectivity index (χ1n) is 9.59. The van der Waals surface area contributed by atoms with Crippen LogP contribution in [0.4, 0.5) is 0 Å². The molecule has 0 bridgehead atoms. The van der Waals surface area contributed by atoms with E-state index in [9.17, 15) is 14.7 Å². The Balaban J connectivity index is 0.000000206. The van der Waals surface area contributed by atoms with Crippen molar-refractivity contribution in [3.8, 4) is 11.5 Å². The smallest absolute Gasteiger partial charge is 0.260 e. The molecule has 1 heterocycles. The van der Waals surface area contributed by atoms with Crippen LogP contribution in [0.15, 0.2) is 54.6 Å². The summed E-state index contributed by atoms with van der Waals surface area (Å²) >= 11 is 0. The first-order chi connectivity index (χ1) is 13.7. The molecule has 2 fully saturated rings. The van der Waals surface area contributed by atoms with Crippen LogP contribution in [0.5, 0.6) is 11.5 Å². The van der Waals surface area contributed by atoms with Gasteiger partial charge < -0.3 is 19.6 Å². The molecule has 4 rings (SSSR count). The standard InChI is InChI=1S/C13H16N2O4.C9H10/c16-10-14-4-6-15(7-5-14)13(18)9-19-12-3-1-2-11(17)8-12;1-2-4-8(5-3-1)9-6-7-9/h1-3,8,10,17H,4-7,9H2;1-5,9H,6-7H2. The van der Waals surface area contributed by atoms with Gasteiger partial charge in [-0.3, -0.25) is 9.59 Å². The molecule has 0 aromatic heterocycles. The number of phenolic OH excluding ortho intramolecular Hbond substituents is 1. The third kappa shape index (κ3) is 6.01. The van der Waals surface area contributed by atoms with Crippen molar-refractivity contribution < 1.29 is 19.4 Å². The van der Waals surface area contributed by atoms with E-state index in [1.54, 1.807) is 21.9 Å². The van der Waals surface area contributed by atoms with Crippen LogP contribution in [0.25, 0.3) is 0 Å². The highest BCUT2D eigenvalue weighted by atomic mass is 16.5. The van der Waals surface area contributed by atoms with E-state index in [-0.39, 0.29) is 18.3 Å². The van der Waals surface area contributed by atoms with Gasteiger partial charge in [-0.15, -0.1) is 0 Å². The zero-order valence-electron chi connectivity index (χ0n) is 15.9. The lowest BCUT2D eigenvalue weighted by atomic mass is 10.1. The Morgan fingerprint density at radius 1 is 1.04 bits per heavy atom. The number of amides is 2. The fraction of sp³-hybridized carbons (Fsp3) is 0.364. The molecule has 2 aromatic rings. The second kappa shape index (κ2) is 9.78. The number of aromatic hydroxyl groups is 1. The van der Waals surface area contributed by atoms with E-state index < -0.39 is 0 Å². The van der Waals surface area contributed by atoms with Gasteiger partial charge in [0.2, 0.25) is 6.41 Å². The Hall–Kier alpha value is -3.02. The van der Waals surface area contributed by atoms with Crippen LogP contribution in [0.2, 0.25) is 0 Å². The summed E-state index contributed by atoms with van der Waals surface area (Å²) in [5.74, 6) is 1.35. The van der Waals surface area contributed by atoms with Crippen molar-refractivity contribution >= 4 is 12.3 Å². The molecule has 1 aliphatic carbocycles. The normalized spacial score (nSPS) is 16.0. The van der Waals surface area contributed by atoms with Gasteiger partial charge in [-0.25, -0.2) is 0 Å². The minimum Gasteiger partial charge on any atom is -0.508 e. The first-order valence-corrected chi connectivity index (χ1v) is 9.59. The molecular formula is C22H26N2O4. The Morgan fingerprint density at radius 2 is 1.75 bits per heavy atom. The Kier molecular flexibility index (Phi) is 6.89. The van der Waals surface area contributed by atoms with Crippen molar-refractivity contribution in [3.63, 3.8) is 0 Å². The molecular weight excluding hydrogens is 356 g/mol. The van der Waals surface area contributed by atoms with E-state index in [0.29, 0.717) is 31.9 Å². The highest BCUT2D eigenvalue weighted by Gasteiger charge is 2.22. The maximum absolute atomic E-state index is 11.9. The van der Waals surface area contributed by atoms with Gasteiger partial charge in [-0.2, -0.15) is 0 Å². The summed E-state index contributed by atoms with van der Waals surface area (Å²) in [6.45, 7) is 2.11. The molecule has 6 heteroatoms. The highest BCUT2D eigenvalue weighted by Crippen LogP contribution is 2.39. The Bertz CT molecular complexity index is 769. The lowest BCUT2D eigenvalue weighted by Crippen LogP contribution is -2.49. The fourth-order valence-electron chi connectivity index (χ4n) is 3.03. The van der Waals surface area contributed by atoms with Crippen LogP contribution in [0, 0.1) is 0 Å². The Morgan fingerprint density at radius 3 is 2.36 bits per heavy atom. The summed E-state index contributed by atoms with van der Waals surface area (Å²) in [7, 11) is 0. The summed E-state index contributed by atoms with van der Waals surface area (Å²) in [4.78, 5) is 25.7. The number of carbonyl (C=O) groups is 2. The van der Waals surface area contributed by atoms with Gasteiger partial charge in [-0.1, -0.05) is 36.4 Å². The van der Waals surface area contributed by atoms with Crippen LogP contribution in [0.1, 0.15) is 24.3 Å². The van der Waals surface area contributed by atoms with Gasteiger partial charge in [0.1, 0.15) is 11.5 Å². The summed E-state index contributed by atoms with van der Waals surface area (Å²) in [6, 6.07) is 17.1. The van der Waals surface area contributed by atoms with E-state index in [1.165, 1.54) is 30.5 Å². The largest absolute Gasteiger partial charge is 0.508 e. The summed E-state index contributed by atoms with van der Waals surface area (Å²) in [5.41, 5.74) is 1.53. The van der Waals surface area contributed by atoms with Crippen LogP contribution < -0.4 is 4.74 Å². The number of nitrogens with zero attached hydrogens (tertiary/aromatic N) is 2. The molecule has 28 heavy (non-hydrogen) atoms. The molecule has 1 saturated carbocycles. The van der Waals surface area contributed by atoms with Gasteiger partial charge in [-0.05, 0) is 36.5 Å². The number of rotatable bonds is 5. The Labute approximate surface area is 165 Å². The maximum atomic E-state index is 11.9. The van der Waals surface area contributed by atoms with E-state index in [4.69, 9.17) is 4.74 Å². The topological polar surface area (TPSA) is 70.1 Å². The number of phenols is 1. The molecule has 148 valence electrons. The zero-order chi connectivity index (χ0) is 19.8. The van der Waals surface area contributed by atoms with E-state index in [0.717, 1.165) is 12.3 Å². The van der Waals surface area contributed by atoms with Crippen LogP contribution >= 0.6 is 0 Å². The molecule has 1 N–H and O–H groups in total. The molecule has 6 nitrogen and oxygen atoms in total. The predicted molar refractivity (Wildman–Crippen MR) is 106 cm³/mol. The van der Waals surface area contributed by atoms with Crippen LogP contribution in [0.3, 0.4) is 0 Å². The molecule has 0 radical (unpaired) electrons. The van der Waals surface area contributed by atoms with Crippen LogP contribution in [-0.4, -0.2) is 60.0 Å². The third-order valence-corrected chi connectivity index (χ3v) is 4.84. The quantitative estimate of drug-likeness (QED) is 0.807. The number of carbonyl (C=O) groups excluding carboxylic acids is 2. The predicted octanol–water partition coefficient (Wildman–Crippen LogP) is 2.64. The number of piperazine rings is 1. The van der Waals surface area contributed by atoms with Crippen molar-refractivity contribution in [2.45, 2.75) is 18.8 Å².